The van der Waals surface area contributed by atoms with Crippen molar-refractivity contribution in [2.24, 2.45) is 7.05 Å². The molecule has 5 heteroatoms. The van der Waals surface area contributed by atoms with E-state index in [9.17, 15) is 4.79 Å². The van der Waals surface area contributed by atoms with Crippen LogP contribution < -0.4 is 10.2 Å². The van der Waals surface area contributed by atoms with Crippen molar-refractivity contribution in [1.82, 2.24) is 9.78 Å². The maximum absolute atomic E-state index is 11.2. The van der Waals surface area contributed by atoms with E-state index in [1.165, 1.54) is 17.2 Å². The Morgan fingerprint density at radius 1 is 1.64 bits per heavy atom. The molecule has 0 saturated heterocycles. The molecule has 0 bridgehead atoms. The molecule has 1 fully saturated rings. The van der Waals surface area contributed by atoms with Gasteiger partial charge in [0, 0.05) is 7.05 Å². The minimum absolute atomic E-state index is 0.0199. The van der Waals surface area contributed by atoms with E-state index in [4.69, 9.17) is 16.3 Å². The van der Waals surface area contributed by atoms with E-state index in [0.717, 1.165) is 12.8 Å². The van der Waals surface area contributed by atoms with E-state index in [1.54, 1.807) is 7.05 Å². The summed E-state index contributed by atoms with van der Waals surface area (Å²) in [5.41, 5.74) is -0.293. The molecule has 0 N–H and O–H groups in total. The van der Waals surface area contributed by atoms with Crippen molar-refractivity contribution in [3.8, 4) is 5.88 Å². The zero-order chi connectivity index (χ0) is 10.1. The monoisotopic (exact) mass is 214 g/mol. The van der Waals surface area contributed by atoms with Crippen LogP contribution >= 0.6 is 11.6 Å². The van der Waals surface area contributed by atoms with E-state index in [2.05, 4.69) is 5.10 Å². The Labute approximate surface area is 86.4 Å². The van der Waals surface area contributed by atoms with Gasteiger partial charge in [0.25, 0.3) is 0 Å². The highest BCUT2D eigenvalue weighted by Crippen LogP contribution is 2.23. The number of hydrogen-bond acceptors (Lipinski definition) is 3. The molecule has 1 aromatic rings. The molecule has 1 aliphatic carbocycles. The van der Waals surface area contributed by atoms with Crippen LogP contribution in [0.3, 0.4) is 0 Å². The maximum Gasteiger partial charge on any atom is 0.222 e. The van der Waals surface area contributed by atoms with Crippen molar-refractivity contribution in [3.63, 3.8) is 0 Å². The van der Waals surface area contributed by atoms with Crippen molar-refractivity contribution in [3.05, 3.63) is 21.4 Å². The largest absolute Gasteiger partial charge is 0.474 e. The summed E-state index contributed by atoms with van der Waals surface area (Å²) in [5, 5.41) is 3.81. The van der Waals surface area contributed by atoms with Crippen LogP contribution in [0.25, 0.3) is 0 Å². The van der Waals surface area contributed by atoms with Gasteiger partial charge in [-0.3, -0.25) is 4.79 Å². The summed E-state index contributed by atoms with van der Waals surface area (Å²) in [4.78, 5) is 11.2. The standard InChI is InChI=1S/C9H11ClN2O2/c1-12-8(14-6-3-2-4-6)5-7(13)9(10)11-12/h5-6H,2-4H2,1H3. The second-order valence-electron chi connectivity index (χ2n) is 3.43. The van der Waals surface area contributed by atoms with Gasteiger partial charge in [0.1, 0.15) is 6.10 Å². The second-order valence-corrected chi connectivity index (χ2v) is 3.79. The van der Waals surface area contributed by atoms with Gasteiger partial charge in [0.2, 0.25) is 11.3 Å². The van der Waals surface area contributed by atoms with Crippen molar-refractivity contribution >= 4 is 11.6 Å². The lowest BCUT2D eigenvalue weighted by atomic mass is 9.96. The molecule has 1 heterocycles. The summed E-state index contributed by atoms with van der Waals surface area (Å²) in [5.74, 6) is 0.490. The van der Waals surface area contributed by atoms with Gasteiger partial charge in [-0.1, -0.05) is 11.6 Å². The van der Waals surface area contributed by atoms with Gasteiger partial charge in [0.05, 0.1) is 6.07 Å². The van der Waals surface area contributed by atoms with Crippen molar-refractivity contribution in [2.75, 3.05) is 0 Å². The SMILES string of the molecule is Cn1nc(Cl)c(=O)cc1OC1CCC1. The Morgan fingerprint density at radius 3 is 2.93 bits per heavy atom. The van der Waals surface area contributed by atoms with Crippen LogP contribution in [0.5, 0.6) is 5.88 Å². The summed E-state index contributed by atoms with van der Waals surface area (Å²) < 4.78 is 7.05. The molecule has 0 amide bonds. The topological polar surface area (TPSA) is 44.1 Å². The van der Waals surface area contributed by atoms with Gasteiger partial charge >= 0.3 is 0 Å². The van der Waals surface area contributed by atoms with E-state index in [1.807, 2.05) is 0 Å². The van der Waals surface area contributed by atoms with E-state index in [-0.39, 0.29) is 16.7 Å². The second kappa shape index (κ2) is 3.61. The molecule has 0 aliphatic heterocycles. The number of aromatic nitrogens is 2. The molecule has 1 aromatic heterocycles. The summed E-state index contributed by atoms with van der Waals surface area (Å²) in [6.07, 6.45) is 3.54. The van der Waals surface area contributed by atoms with Crippen molar-refractivity contribution in [2.45, 2.75) is 25.4 Å². The maximum atomic E-state index is 11.2. The molecule has 1 saturated carbocycles. The Morgan fingerprint density at radius 2 is 2.36 bits per heavy atom. The first-order chi connectivity index (χ1) is 6.66. The molecule has 0 atom stereocenters. The molecule has 0 unspecified atom stereocenters. The zero-order valence-corrected chi connectivity index (χ0v) is 8.62. The summed E-state index contributed by atoms with van der Waals surface area (Å²) in [6.45, 7) is 0. The molecular formula is C9H11ClN2O2. The Bertz CT molecular complexity index is 398. The third-order valence-corrected chi connectivity index (χ3v) is 2.62. The number of hydrogen-bond donors (Lipinski definition) is 0. The average molecular weight is 215 g/mol. The highest BCUT2D eigenvalue weighted by Gasteiger charge is 2.20. The molecule has 0 spiro atoms. The Kier molecular flexibility index (Phi) is 2.46. The van der Waals surface area contributed by atoms with Gasteiger partial charge in [-0.2, -0.15) is 5.10 Å². The number of ether oxygens (including phenoxy) is 1. The summed E-state index contributed by atoms with van der Waals surface area (Å²) in [6, 6.07) is 1.38. The van der Waals surface area contributed by atoms with Crippen LogP contribution in [0.15, 0.2) is 10.9 Å². The fraction of sp³-hybridized carbons (Fsp3) is 0.556. The Balaban J connectivity index is 2.23. The molecule has 14 heavy (non-hydrogen) atoms. The normalized spacial score (nSPS) is 16.4. The van der Waals surface area contributed by atoms with Crippen LogP contribution in [0.2, 0.25) is 5.15 Å². The minimum atomic E-state index is -0.293. The van der Waals surface area contributed by atoms with Gasteiger partial charge < -0.3 is 4.74 Å². The molecule has 4 nitrogen and oxygen atoms in total. The van der Waals surface area contributed by atoms with Crippen molar-refractivity contribution in [1.29, 1.82) is 0 Å². The molecule has 0 radical (unpaired) electrons. The molecule has 0 aromatic carbocycles. The number of halogens is 1. The lowest BCUT2D eigenvalue weighted by Gasteiger charge is -2.26. The quantitative estimate of drug-likeness (QED) is 0.747. The van der Waals surface area contributed by atoms with Gasteiger partial charge in [-0.05, 0) is 19.3 Å². The summed E-state index contributed by atoms with van der Waals surface area (Å²) in [7, 11) is 1.71. The molecule has 1 aliphatic rings. The number of aryl methyl sites for hydroxylation is 1. The highest BCUT2D eigenvalue weighted by molar-refractivity contribution is 6.29. The fourth-order valence-corrected chi connectivity index (χ4v) is 1.43. The molecule has 76 valence electrons. The predicted octanol–water partition coefficient (Wildman–Crippen LogP) is 1.36. The van der Waals surface area contributed by atoms with E-state index >= 15 is 0 Å². The lowest BCUT2D eigenvalue weighted by molar-refractivity contribution is 0.107. The smallest absolute Gasteiger partial charge is 0.222 e. The van der Waals surface area contributed by atoms with Gasteiger partial charge in [-0.25, -0.2) is 4.68 Å². The molecule has 2 rings (SSSR count). The van der Waals surface area contributed by atoms with Crippen molar-refractivity contribution < 1.29 is 4.74 Å². The number of nitrogens with zero attached hydrogens (tertiary/aromatic N) is 2. The van der Waals surface area contributed by atoms with Crippen LogP contribution in [-0.2, 0) is 7.05 Å². The first-order valence-electron chi connectivity index (χ1n) is 4.57. The van der Waals surface area contributed by atoms with Crippen LogP contribution in [0.1, 0.15) is 19.3 Å². The van der Waals surface area contributed by atoms with Gasteiger partial charge in [-0.15, -0.1) is 0 Å². The fourth-order valence-electron chi connectivity index (χ4n) is 1.27. The van der Waals surface area contributed by atoms with Crippen LogP contribution in [0, 0.1) is 0 Å². The predicted molar refractivity (Wildman–Crippen MR) is 52.8 cm³/mol. The first kappa shape index (κ1) is 9.52. The average Bonchev–Trinajstić information content (AvgIpc) is 2.06. The number of rotatable bonds is 2. The first-order valence-corrected chi connectivity index (χ1v) is 4.95. The van der Waals surface area contributed by atoms with Crippen LogP contribution in [0.4, 0.5) is 0 Å². The summed E-state index contributed by atoms with van der Waals surface area (Å²) >= 11 is 5.57. The zero-order valence-electron chi connectivity index (χ0n) is 7.86. The lowest BCUT2D eigenvalue weighted by Crippen LogP contribution is -2.27. The minimum Gasteiger partial charge on any atom is -0.474 e. The Hall–Kier alpha value is -1.03. The third kappa shape index (κ3) is 1.75. The van der Waals surface area contributed by atoms with E-state index < -0.39 is 0 Å². The van der Waals surface area contributed by atoms with Crippen LogP contribution in [-0.4, -0.2) is 15.9 Å². The third-order valence-electron chi connectivity index (χ3n) is 2.35. The van der Waals surface area contributed by atoms with E-state index in [0.29, 0.717) is 5.88 Å². The highest BCUT2D eigenvalue weighted by atomic mass is 35.5. The molecular weight excluding hydrogens is 204 g/mol. The van der Waals surface area contributed by atoms with Gasteiger partial charge in [0.15, 0.2) is 5.15 Å².